The fourth-order valence-electron chi connectivity index (χ4n) is 2.28. The van der Waals surface area contributed by atoms with Crippen molar-refractivity contribution in [1.29, 1.82) is 0 Å². The van der Waals surface area contributed by atoms with Gasteiger partial charge in [-0.05, 0) is 49.2 Å². The Morgan fingerprint density at radius 1 is 0.889 bits per heavy atom. The average molecular weight is 238 g/mol. The van der Waals surface area contributed by atoms with Crippen molar-refractivity contribution >= 4 is 17.1 Å². The predicted octanol–water partition coefficient (Wildman–Crippen LogP) is 4.03. The standard InChI is InChI=1S/C16H18N2/c1-17-13-7-9-15(10-8-13)18(16-11-12-16)14-5-3-2-4-6-14/h2-10,16-17H,11-12H2,1H3. The SMILES string of the molecule is CNc1ccc(N(c2ccccc2)C2CC2)cc1. The van der Waals surface area contributed by atoms with Gasteiger partial charge in [-0.15, -0.1) is 0 Å². The number of nitrogens with one attached hydrogen (secondary N) is 1. The molecule has 0 unspecified atom stereocenters. The number of nitrogens with zero attached hydrogens (tertiary/aromatic N) is 1. The molecule has 2 nitrogen and oxygen atoms in total. The largest absolute Gasteiger partial charge is 0.388 e. The maximum atomic E-state index is 3.16. The van der Waals surface area contributed by atoms with E-state index >= 15 is 0 Å². The van der Waals surface area contributed by atoms with E-state index in [1.54, 1.807) is 0 Å². The van der Waals surface area contributed by atoms with Crippen LogP contribution in [-0.2, 0) is 0 Å². The lowest BCUT2D eigenvalue weighted by atomic mass is 10.2. The maximum Gasteiger partial charge on any atom is 0.0414 e. The number of benzene rings is 2. The monoisotopic (exact) mass is 238 g/mol. The van der Waals surface area contributed by atoms with Gasteiger partial charge in [0.25, 0.3) is 0 Å². The summed E-state index contributed by atoms with van der Waals surface area (Å²) in [6.45, 7) is 0. The molecule has 1 saturated carbocycles. The van der Waals surface area contributed by atoms with E-state index in [4.69, 9.17) is 0 Å². The molecule has 0 aromatic heterocycles. The van der Waals surface area contributed by atoms with Crippen molar-refractivity contribution in [2.24, 2.45) is 0 Å². The van der Waals surface area contributed by atoms with Crippen LogP contribution < -0.4 is 10.2 Å². The maximum absolute atomic E-state index is 3.16. The molecule has 1 aliphatic rings. The van der Waals surface area contributed by atoms with E-state index in [9.17, 15) is 0 Å². The van der Waals surface area contributed by atoms with E-state index in [1.807, 2.05) is 7.05 Å². The number of hydrogen-bond acceptors (Lipinski definition) is 2. The van der Waals surface area contributed by atoms with Crippen molar-refractivity contribution in [3.8, 4) is 0 Å². The number of hydrogen-bond donors (Lipinski definition) is 1. The van der Waals surface area contributed by atoms with Crippen molar-refractivity contribution in [3.05, 3.63) is 54.6 Å². The van der Waals surface area contributed by atoms with Gasteiger partial charge in [0.1, 0.15) is 0 Å². The highest BCUT2D eigenvalue weighted by Gasteiger charge is 2.30. The lowest BCUT2D eigenvalue weighted by Gasteiger charge is -2.25. The summed E-state index contributed by atoms with van der Waals surface area (Å²) < 4.78 is 0. The molecule has 1 N–H and O–H groups in total. The third-order valence-corrected chi connectivity index (χ3v) is 3.38. The Balaban J connectivity index is 1.94. The number of rotatable bonds is 4. The first-order chi connectivity index (χ1) is 8.88. The van der Waals surface area contributed by atoms with E-state index in [1.165, 1.54) is 24.2 Å². The molecule has 0 radical (unpaired) electrons. The molecule has 0 saturated heterocycles. The van der Waals surface area contributed by atoms with Crippen molar-refractivity contribution < 1.29 is 0 Å². The molecular formula is C16H18N2. The van der Waals surface area contributed by atoms with Crippen molar-refractivity contribution in [2.75, 3.05) is 17.3 Å². The molecule has 92 valence electrons. The second kappa shape index (κ2) is 4.73. The Hall–Kier alpha value is -1.96. The van der Waals surface area contributed by atoms with Crippen LogP contribution >= 0.6 is 0 Å². The van der Waals surface area contributed by atoms with Gasteiger partial charge in [0.15, 0.2) is 0 Å². The average Bonchev–Trinajstić information content (AvgIpc) is 3.26. The molecule has 2 aromatic carbocycles. The summed E-state index contributed by atoms with van der Waals surface area (Å²) in [5.41, 5.74) is 3.72. The summed E-state index contributed by atoms with van der Waals surface area (Å²) >= 11 is 0. The molecule has 3 rings (SSSR count). The second-order valence-electron chi connectivity index (χ2n) is 4.73. The molecule has 0 spiro atoms. The minimum absolute atomic E-state index is 0.674. The summed E-state index contributed by atoms with van der Waals surface area (Å²) in [6.07, 6.45) is 2.59. The lowest BCUT2D eigenvalue weighted by Crippen LogP contribution is -2.19. The van der Waals surface area contributed by atoms with Gasteiger partial charge in [-0.3, -0.25) is 0 Å². The smallest absolute Gasteiger partial charge is 0.0414 e. The zero-order valence-electron chi connectivity index (χ0n) is 10.6. The van der Waals surface area contributed by atoms with Gasteiger partial charge in [-0.1, -0.05) is 18.2 Å². The van der Waals surface area contributed by atoms with E-state index in [-0.39, 0.29) is 0 Å². The summed E-state index contributed by atoms with van der Waals surface area (Å²) in [5.74, 6) is 0. The molecule has 2 aromatic rings. The Morgan fingerprint density at radius 3 is 2.06 bits per heavy atom. The van der Waals surface area contributed by atoms with Crippen LogP contribution in [0.1, 0.15) is 12.8 Å². The van der Waals surface area contributed by atoms with Crippen LogP contribution in [0.3, 0.4) is 0 Å². The van der Waals surface area contributed by atoms with Crippen molar-refractivity contribution in [2.45, 2.75) is 18.9 Å². The first-order valence-electron chi connectivity index (χ1n) is 6.50. The summed E-state index contributed by atoms with van der Waals surface area (Å²) in [5, 5.41) is 3.16. The second-order valence-corrected chi connectivity index (χ2v) is 4.73. The van der Waals surface area contributed by atoms with Gasteiger partial charge < -0.3 is 10.2 Å². The van der Waals surface area contributed by atoms with Crippen LogP contribution in [-0.4, -0.2) is 13.1 Å². The van der Waals surface area contributed by atoms with Crippen molar-refractivity contribution in [1.82, 2.24) is 0 Å². The fourth-order valence-corrected chi connectivity index (χ4v) is 2.28. The lowest BCUT2D eigenvalue weighted by molar-refractivity contribution is 0.970. The van der Waals surface area contributed by atoms with Crippen LogP contribution in [0, 0.1) is 0 Å². The highest BCUT2D eigenvalue weighted by atomic mass is 15.2. The van der Waals surface area contributed by atoms with Crippen LogP contribution in [0.25, 0.3) is 0 Å². The Morgan fingerprint density at radius 2 is 1.50 bits per heavy atom. The summed E-state index contributed by atoms with van der Waals surface area (Å²) in [7, 11) is 1.95. The summed E-state index contributed by atoms with van der Waals surface area (Å²) in [6, 6.07) is 20.0. The Labute approximate surface area is 108 Å². The zero-order valence-corrected chi connectivity index (χ0v) is 10.6. The normalized spacial score (nSPS) is 14.3. The minimum Gasteiger partial charge on any atom is -0.388 e. The zero-order chi connectivity index (χ0) is 12.4. The molecule has 18 heavy (non-hydrogen) atoms. The molecule has 0 heterocycles. The molecule has 2 heteroatoms. The minimum atomic E-state index is 0.674. The van der Waals surface area contributed by atoms with Gasteiger partial charge in [-0.25, -0.2) is 0 Å². The van der Waals surface area contributed by atoms with Gasteiger partial charge in [0, 0.05) is 30.2 Å². The number of para-hydroxylation sites is 1. The Kier molecular flexibility index (Phi) is 2.93. The van der Waals surface area contributed by atoms with Crippen LogP contribution in [0.5, 0.6) is 0 Å². The third-order valence-electron chi connectivity index (χ3n) is 3.38. The highest BCUT2D eigenvalue weighted by Crippen LogP contribution is 2.38. The van der Waals surface area contributed by atoms with Crippen LogP contribution in [0.4, 0.5) is 17.1 Å². The fraction of sp³-hybridized carbons (Fsp3) is 0.250. The van der Waals surface area contributed by atoms with E-state index in [0.717, 1.165) is 5.69 Å². The highest BCUT2D eigenvalue weighted by molar-refractivity contribution is 5.67. The third kappa shape index (κ3) is 2.19. The van der Waals surface area contributed by atoms with Gasteiger partial charge in [-0.2, -0.15) is 0 Å². The topological polar surface area (TPSA) is 15.3 Å². The van der Waals surface area contributed by atoms with Crippen LogP contribution in [0.2, 0.25) is 0 Å². The molecule has 1 fully saturated rings. The molecular weight excluding hydrogens is 220 g/mol. The van der Waals surface area contributed by atoms with Crippen LogP contribution in [0.15, 0.2) is 54.6 Å². The summed E-state index contributed by atoms with van der Waals surface area (Å²) in [4.78, 5) is 2.44. The van der Waals surface area contributed by atoms with Gasteiger partial charge in [0.05, 0.1) is 0 Å². The molecule has 0 atom stereocenters. The molecule has 1 aliphatic carbocycles. The number of anilines is 3. The first-order valence-corrected chi connectivity index (χ1v) is 6.50. The predicted molar refractivity (Wildman–Crippen MR) is 77.6 cm³/mol. The first kappa shape index (κ1) is 11.1. The van der Waals surface area contributed by atoms with Crippen molar-refractivity contribution in [3.63, 3.8) is 0 Å². The molecule has 0 aliphatic heterocycles. The van der Waals surface area contributed by atoms with Gasteiger partial charge in [0.2, 0.25) is 0 Å². The van der Waals surface area contributed by atoms with E-state index in [2.05, 4.69) is 64.8 Å². The molecule has 0 bridgehead atoms. The quantitative estimate of drug-likeness (QED) is 0.865. The van der Waals surface area contributed by atoms with E-state index in [0.29, 0.717) is 6.04 Å². The van der Waals surface area contributed by atoms with Gasteiger partial charge >= 0.3 is 0 Å². The Bertz CT molecular complexity index is 500. The van der Waals surface area contributed by atoms with E-state index < -0.39 is 0 Å². The molecule has 0 amide bonds.